The smallest absolute Gasteiger partial charge is 0.319 e. The Morgan fingerprint density at radius 1 is 1.00 bits per heavy atom. The number of amides is 3. The van der Waals surface area contributed by atoms with Crippen molar-refractivity contribution in [3.63, 3.8) is 0 Å². The Morgan fingerprint density at radius 2 is 1.77 bits per heavy atom. The highest BCUT2D eigenvalue weighted by atomic mass is 16.2. The standard InChI is InChI=1S/C22H28N6O2/c1-13(2)19(20-27-26-18-8-6-7-11-28(18)20)25-22(30)24-17-12-16(10-9-15(17)5)23-21(29)14(3)4/h6-14,19H,1-5H3,(H,23,29)(H2,24,25,30). The molecule has 8 nitrogen and oxygen atoms in total. The predicted octanol–water partition coefficient (Wildman–Crippen LogP) is 4.15. The van der Waals surface area contributed by atoms with Crippen LogP contribution in [0.5, 0.6) is 0 Å². The third-order valence-electron chi connectivity index (χ3n) is 4.85. The highest BCUT2D eigenvalue weighted by molar-refractivity contribution is 5.95. The number of pyridine rings is 1. The fraction of sp³-hybridized carbons (Fsp3) is 0.364. The van der Waals surface area contributed by atoms with E-state index in [0.29, 0.717) is 17.2 Å². The number of aromatic nitrogens is 3. The predicted molar refractivity (Wildman–Crippen MR) is 117 cm³/mol. The summed E-state index contributed by atoms with van der Waals surface area (Å²) in [7, 11) is 0. The molecule has 0 aliphatic rings. The molecule has 0 aliphatic heterocycles. The zero-order valence-corrected chi connectivity index (χ0v) is 17.9. The number of anilines is 2. The van der Waals surface area contributed by atoms with E-state index in [0.717, 1.165) is 11.2 Å². The molecule has 2 heterocycles. The average molecular weight is 409 g/mol. The monoisotopic (exact) mass is 408 g/mol. The third kappa shape index (κ3) is 4.76. The van der Waals surface area contributed by atoms with E-state index >= 15 is 0 Å². The summed E-state index contributed by atoms with van der Waals surface area (Å²) in [4.78, 5) is 24.7. The van der Waals surface area contributed by atoms with Gasteiger partial charge >= 0.3 is 6.03 Å². The van der Waals surface area contributed by atoms with Gasteiger partial charge in [0.25, 0.3) is 0 Å². The molecule has 0 spiro atoms. The van der Waals surface area contributed by atoms with Gasteiger partial charge < -0.3 is 16.0 Å². The molecule has 3 N–H and O–H groups in total. The van der Waals surface area contributed by atoms with Crippen LogP contribution in [0.4, 0.5) is 16.2 Å². The van der Waals surface area contributed by atoms with Crippen LogP contribution in [0.15, 0.2) is 42.6 Å². The van der Waals surface area contributed by atoms with E-state index in [9.17, 15) is 9.59 Å². The molecule has 1 aromatic carbocycles. The van der Waals surface area contributed by atoms with Gasteiger partial charge in [-0.2, -0.15) is 0 Å². The Labute approximate surface area is 176 Å². The molecule has 3 amide bonds. The first-order valence-corrected chi connectivity index (χ1v) is 10.0. The number of hydrogen-bond acceptors (Lipinski definition) is 4. The van der Waals surface area contributed by atoms with E-state index in [1.165, 1.54) is 0 Å². The molecule has 3 rings (SSSR count). The topological polar surface area (TPSA) is 100 Å². The second-order valence-electron chi connectivity index (χ2n) is 7.98. The van der Waals surface area contributed by atoms with Crippen LogP contribution in [0.1, 0.15) is 45.1 Å². The largest absolute Gasteiger partial charge is 0.328 e. The molecular weight excluding hydrogens is 380 g/mol. The SMILES string of the molecule is Cc1ccc(NC(=O)C(C)C)cc1NC(=O)NC(c1nnc2ccccn12)C(C)C. The maximum atomic E-state index is 12.8. The van der Waals surface area contributed by atoms with Crippen molar-refractivity contribution in [3.8, 4) is 0 Å². The molecule has 158 valence electrons. The maximum Gasteiger partial charge on any atom is 0.319 e. The zero-order valence-electron chi connectivity index (χ0n) is 17.9. The lowest BCUT2D eigenvalue weighted by Crippen LogP contribution is -2.36. The number of aryl methyl sites for hydroxylation is 1. The van der Waals surface area contributed by atoms with Crippen molar-refractivity contribution in [1.29, 1.82) is 0 Å². The van der Waals surface area contributed by atoms with E-state index < -0.39 is 0 Å². The van der Waals surface area contributed by atoms with Gasteiger partial charge in [0, 0.05) is 23.5 Å². The van der Waals surface area contributed by atoms with Crippen molar-refractivity contribution in [1.82, 2.24) is 19.9 Å². The molecule has 0 saturated heterocycles. The number of urea groups is 1. The molecule has 3 aromatic rings. The van der Waals surface area contributed by atoms with E-state index in [1.807, 2.05) is 75.5 Å². The molecule has 0 bridgehead atoms. The van der Waals surface area contributed by atoms with Crippen molar-refractivity contribution < 1.29 is 9.59 Å². The lowest BCUT2D eigenvalue weighted by Gasteiger charge is -2.21. The van der Waals surface area contributed by atoms with Crippen LogP contribution in [0.25, 0.3) is 5.65 Å². The van der Waals surface area contributed by atoms with Gasteiger partial charge in [-0.25, -0.2) is 4.79 Å². The molecule has 0 fully saturated rings. The second-order valence-corrected chi connectivity index (χ2v) is 7.98. The molecule has 2 aromatic heterocycles. The Kier molecular flexibility index (Phi) is 6.34. The molecular formula is C22H28N6O2. The van der Waals surface area contributed by atoms with E-state index in [1.54, 1.807) is 6.07 Å². The van der Waals surface area contributed by atoms with E-state index in [2.05, 4.69) is 26.1 Å². The second kappa shape index (κ2) is 8.94. The molecule has 8 heteroatoms. The van der Waals surface area contributed by atoms with Crippen molar-refractivity contribution >= 4 is 29.0 Å². The average Bonchev–Trinajstić information content (AvgIpc) is 3.12. The van der Waals surface area contributed by atoms with Crippen molar-refractivity contribution in [2.75, 3.05) is 10.6 Å². The summed E-state index contributed by atoms with van der Waals surface area (Å²) in [5.41, 5.74) is 2.88. The summed E-state index contributed by atoms with van der Waals surface area (Å²) >= 11 is 0. The maximum absolute atomic E-state index is 12.8. The molecule has 1 unspecified atom stereocenters. The van der Waals surface area contributed by atoms with Gasteiger partial charge in [0.2, 0.25) is 5.91 Å². The highest BCUT2D eigenvalue weighted by Gasteiger charge is 2.24. The molecule has 1 atom stereocenters. The number of carbonyl (C=O) groups excluding carboxylic acids is 2. The Morgan fingerprint density at radius 3 is 2.47 bits per heavy atom. The minimum Gasteiger partial charge on any atom is -0.328 e. The Balaban J connectivity index is 1.77. The van der Waals surface area contributed by atoms with Gasteiger partial charge in [0.05, 0.1) is 6.04 Å². The van der Waals surface area contributed by atoms with E-state index in [4.69, 9.17) is 0 Å². The first-order valence-electron chi connectivity index (χ1n) is 10.0. The number of nitrogens with one attached hydrogen (secondary N) is 3. The lowest BCUT2D eigenvalue weighted by atomic mass is 10.0. The number of nitrogens with zero attached hydrogens (tertiary/aromatic N) is 3. The van der Waals surface area contributed by atoms with Gasteiger partial charge in [-0.05, 0) is 42.7 Å². The Hall–Kier alpha value is -3.42. The first-order chi connectivity index (χ1) is 14.3. The van der Waals surface area contributed by atoms with Crippen LogP contribution in [0.3, 0.4) is 0 Å². The quantitative estimate of drug-likeness (QED) is 0.570. The van der Waals surface area contributed by atoms with Crippen LogP contribution in [0.2, 0.25) is 0 Å². The first kappa shape index (κ1) is 21.3. The van der Waals surface area contributed by atoms with E-state index in [-0.39, 0.29) is 29.8 Å². The van der Waals surface area contributed by atoms with Gasteiger partial charge in [-0.3, -0.25) is 9.20 Å². The van der Waals surface area contributed by atoms with Gasteiger partial charge in [0.1, 0.15) is 0 Å². The molecule has 30 heavy (non-hydrogen) atoms. The third-order valence-corrected chi connectivity index (χ3v) is 4.85. The number of benzene rings is 1. The summed E-state index contributed by atoms with van der Waals surface area (Å²) in [6.45, 7) is 9.59. The molecule has 0 radical (unpaired) electrons. The van der Waals surface area contributed by atoms with Crippen LogP contribution >= 0.6 is 0 Å². The normalized spacial score (nSPS) is 12.2. The number of carbonyl (C=O) groups is 2. The van der Waals surface area contributed by atoms with Gasteiger partial charge in [-0.15, -0.1) is 10.2 Å². The number of hydrogen-bond donors (Lipinski definition) is 3. The molecule has 0 aliphatic carbocycles. The number of rotatable bonds is 6. The minimum atomic E-state index is -0.350. The van der Waals surface area contributed by atoms with Gasteiger partial charge in [-0.1, -0.05) is 39.8 Å². The zero-order chi connectivity index (χ0) is 21.8. The van der Waals surface area contributed by atoms with Crippen LogP contribution in [-0.2, 0) is 4.79 Å². The fourth-order valence-electron chi connectivity index (χ4n) is 3.02. The summed E-state index contributed by atoms with van der Waals surface area (Å²) < 4.78 is 1.87. The highest BCUT2D eigenvalue weighted by Crippen LogP contribution is 2.23. The van der Waals surface area contributed by atoms with Crippen LogP contribution in [-0.4, -0.2) is 26.5 Å². The summed E-state index contributed by atoms with van der Waals surface area (Å²) in [6.07, 6.45) is 1.88. The fourth-order valence-corrected chi connectivity index (χ4v) is 3.02. The van der Waals surface area contributed by atoms with Crippen molar-refractivity contribution in [2.24, 2.45) is 11.8 Å². The van der Waals surface area contributed by atoms with Crippen LogP contribution < -0.4 is 16.0 Å². The van der Waals surface area contributed by atoms with Gasteiger partial charge in [0.15, 0.2) is 11.5 Å². The molecule has 0 saturated carbocycles. The summed E-state index contributed by atoms with van der Waals surface area (Å²) in [5.74, 6) is 0.565. The Bertz CT molecular complexity index is 1060. The summed E-state index contributed by atoms with van der Waals surface area (Å²) in [5, 5.41) is 17.2. The lowest BCUT2D eigenvalue weighted by molar-refractivity contribution is -0.118. The van der Waals surface area contributed by atoms with Crippen molar-refractivity contribution in [2.45, 2.75) is 40.7 Å². The van der Waals surface area contributed by atoms with Crippen molar-refractivity contribution in [3.05, 3.63) is 54.0 Å². The number of fused-ring (bicyclic) bond motifs is 1. The minimum absolute atomic E-state index is 0.0761. The van der Waals surface area contributed by atoms with Crippen LogP contribution in [0, 0.1) is 18.8 Å². The summed E-state index contributed by atoms with van der Waals surface area (Å²) in [6, 6.07) is 10.4.